The highest BCUT2D eigenvalue weighted by atomic mass is 16.6. The van der Waals surface area contributed by atoms with Gasteiger partial charge >= 0.3 is 5.69 Å². The summed E-state index contributed by atoms with van der Waals surface area (Å²) < 4.78 is 5.44. The number of rotatable bonds is 8. The molecule has 1 unspecified atom stereocenters. The number of hydrogen-bond donors (Lipinski definition) is 1. The van der Waals surface area contributed by atoms with E-state index in [1.54, 1.807) is 25.2 Å². The number of nitriles is 1. The van der Waals surface area contributed by atoms with E-state index in [0.717, 1.165) is 12.8 Å². The minimum absolute atomic E-state index is 0.0235. The van der Waals surface area contributed by atoms with Crippen molar-refractivity contribution in [2.24, 2.45) is 0 Å². The average molecular weight is 277 g/mol. The molecular weight excluding hydrogens is 258 g/mol. The second-order valence-electron chi connectivity index (χ2n) is 4.72. The number of unbranched alkanes of at least 4 members (excludes halogenated alkanes) is 1. The molecule has 1 aromatic carbocycles. The van der Waals surface area contributed by atoms with Gasteiger partial charge in [-0.1, -0.05) is 12.1 Å². The Labute approximate surface area is 118 Å². The quantitative estimate of drug-likeness (QED) is 0.448. The topological polar surface area (TPSA) is 88.2 Å². The summed E-state index contributed by atoms with van der Waals surface area (Å²) in [7, 11) is 1.76. The van der Waals surface area contributed by atoms with Crippen LogP contribution in [-0.2, 0) is 0 Å². The van der Waals surface area contributed by atoms with Crippen molar-refractivity contribution in [1.29, 1.82) is 5.26 Å². The van der Waals surface area contributed by atoms with Crippen LogP contribution in [0.15, 0.2) is 24.3 Å². The Balaban J connectivity index is 2.39. The maximum atomic E-state index is 10.8. The number of benzene rings is 1. The van der Waals surface area contributed by atoms with E-state index >= 15 is 0 Å². The summed E-state index contributed by atoms with van der Waals surface area (Å²) in [5.41, 5.74) is -0.553. The predicted molar refractivity (Wildman–Crippen MR) is 75.5 cm³/mol. The van der Waals surface area contributed by atoms with E-state index in [1.807, 2.05) is 6.92 Å². The van der Waals surface area contributed by atoms with Crippen LogP contribution in [0.3, 0.4) is 0 Å². The van der Waals surface area contributed by atoms with Gasteiger partial charge in [0.15, 0.2) is 5.75 Å². The summed E-state index contributed by atoms with van der Waals surface area (Å²) in [5.74, 6) is 0.286. The lowest BCUT2D eigenvalue weighted by molar-refractivity contribution is -0.385. The highest BCUT2D eigenvalue weighted by molar-refractivity contribution is 5.45. The minimum Gasteiger partial charge on any atom is -0.487 e. The fourth-order valence-electron chi connectivity index (χ4n) is 1.73. The molecule has 0 aliphatic rings. The average Bonchev–Trinajstić information content (AvgIpc) is 2.47. The molecule has 0 aliphatic heterocycles. The molecule has 6 nitrogen and oxygen atoms in total. The zero-order chi connectivity index (χ0) is 15.0. The second kappa shape index (κ2) is 7.46. The molecule has 0 spiro atoms. The van der Waals surface area contributed by atoms with Crippen LogP contribution in [0.4, 0.5) is 5.69 Å². The third-order valence-corrected chi connectivity index (χ3v) is 3.19. The zero-order valence-corrected chi connectivity index (χ0v) is 11.8. The van der Waals surface area contributed by atoms with Crippen LogP contribution >= 0.6 is 0 Å². The summed E-state index contributed by atoms with van der Waals surface area (Å²) in [4.78, 5) is 10.3. The minimum atomic E-state index is -0.529. The number of ether oxygens (including phenoxy) is 1. The lowest BCUT2D eigenvalue weighted by atomic mass is 9.97. The van der Waals surface area contributed by atoms with Gasteiger partial charge in [0, 0.05) is 6.07 Å². The van der Waals surface area contributed by atoms with Crippen molar-refractivity contribution in [2.75, 3.05) is 13.7 Å². The van der Waals surface area contributed by atoms with Crippen molar-refractivity contribution >= 4 is 5.69 Å². The molecular formula is C14H19N3O3. The molecule has 0 aromatic heterocycles. The molecule has 0 heterocycles. The molecule has 0 aliphatic carbocycles. The van der Waals surface area contributed by atoms with Crippen LogP contribution in [0.5, 0.6) is 5.75 Å². The first-order chi connectivity index (χ1) is 9.52. The first-order valence-electron chi connectivity index (χ1n) is 6.49. The zero-order valence-electron chi connectivity index (χ0n) is 11.8. The number of nitro groups is 1. The third-order valence-electron chi connectivity index (χ3n) is 3.19. The molecule has 0 saturated carbocycles. The first kappa shape index (κ1) is 15.9. The van der Waals surface area contributed by atoms with Gasteiger partial charge in [0.1, 0.15) is 5.54 Å². The van der Waals surface area contributed by atoms with Crippen LogP contribution in [0.25, 0.3) is 0 Å². The van der Waals surface area contributed by atoms with Crippen molar-refractivity contribution in [2.45, 2.75) is 31.7 Å². The molecule has 1 rings (SSSR count). The maximum absolute atomic E-state index is 10.8. The predicted octanol–water partition coefficient (Wildman–Crippen LogP) is 2.65. The van der Waals surface area contributed by atoms with Crippen LogP contribution in [-0.4, -0.2) is 24.1 Å². The lowest BCUT2D eigenvalue weighted by Gasteiger charge is -2.20. The van der Waals surface area contributed by atoms with E-state index in [4.69, 9.17) is 10.00 Å². The molecule has 1 atom stereocenters. The van der Waals surface area contributed by atoms with Gasteiger partial charge in [-0.15, -0.1) is 0 Å². The van der Waals surface area contributed by atoms with Crippen LogP contribution < -0.4 is 10.1 Å². The van der Waals surface area contributed by atoms with Crippen molar-refractivity contribution in [1.82, 2.24) is 5.32 Å². The maximum Gasteiger partial charge on any atom is 0.310 e. The van der Waals surface area contributed by atoms with Gasteiger partial charge in [0.2, 0.25) is 0 Å². The van der Waals surface area contributed by atoms with E-state index < -0.39 is 10.5 Å². The first-order valence-corrected chi connectivity index (χ1v) is 6.49. The number of hydrogen-bond acceptors (Lipinski definition) is 5. The Bertz CT molecular complexity index is 499. The summed E-state index contributed by atoms with van der Waals surface area (Å²) in [6, 6.07) is 8.54. The van der Waals surface area contributed by atoms with Crippen LogP contribution in [0.1, 0.15) is 26.2 Å². The van der Waals surface area contributed by atoms with Gasteiger partial charge < -0.3 is 10.1 Å². The van der Waals surface area contributed by atoms with Gasteiger partial charge in [-0.2, -0.15) is 5.26 Å². The van der Waals surface area contributed by atoms with Crippen molar-refractivity contribution in [3.8, 4) is 11.8 Å². The molecule has 0 saturated heterocycles. The van der Waals surface area contributed by atoms with E-state index in [1.165, 1.54) is 6.07 Å². The number of para-hydroxylation sites is 2. The van der Waals surface area contributed by atoms with Crippen molar-refractivity contribution < 1.29 is 9.66 Å². The largest absolute Gasteiger partial charge is 0.487 e. The number of nitrogens with one attached hydrogen (secondary N) is 1. The summed E-state index contributed by atoms with van der Waals surface area (Å²) in [5, 5.41) is 22.8. The van der Waals surface area contributed by atoms with Gasteiger partial charge in [-0.3, -0.25) is 10.1 Å². The fraction of sp³-hybridized carbons (Fsp3) is 0.500. The Morgan fingerprint density at radius 3 is 2.75 bits per heavy atom. The fourth-order valence-corrected chi connectivity index (χ4v) is 1.73. The Hall–Kier alpha value is -2.13. The number of nitro benzene ring substituents is 1. The summed E-state index contributed by atoms with van der Waals surface area (Å²) in [6.45, 7) is 2.24. The molecule has 1 aromatic rings. The van der Waals surface area contributed by atoms with E-state index in [0.29, 0.717) is 13.0 Å². The Morgan fingerprint density at radius 1 is 1.45 bits per heavy atom. The Kier molecular flexibility index (Phi) is 5.94. The second-order valence-corrected chi connectivity index (χ2v) is 4.72. The normalized spacial score (nSPS) is 13.2. The van der Waals surface area contributed by atoms with E-state index in [2.05, 4.69) is 11.4 Å². The molecule has 1 N–H and O–H groups in total. The van der Waals surface area contributed by atoms with Gasteiger partial charge in [0.25, 0.3) is 0 Å². The summed E-state index contributed by atoms with van der Waals surface area (Å²) in [6.07, 6.45) is 2.26. The van der Waals surface area contributed by atoms with Crippen molar-refractivity contribution in [3.05, 3.63) is 34.4 Å². The molecule has 0 amide bonds. The highest BCUT2D eigenvalue weighted by Crippen LogP contribution is 2.26. The monoisotopic (exact) mass is 277 g/mol. The standard InChI is InChI=1S/C14H19N3O3/c1-14(11-15,16-2)9-5-6-10-20-13-8-4-3-7-12(13)17(18)19/h3-4,7-8,16H,5-6,9-10H2,1-2H3. The van der Waals surface area contributed by atoms with Crippen LogP contribution in [0.2, 0.25) is 0 Å². The molecule has 108 valence electrons. The summed E-state index contributed by atoms with van der Waals surface area (Å²) >= 11 is 0. The highest BCUT2D eigenvalue weighted by Gasteiger charge is 2.20. The lowest BCUT2D eigenvalue weighted by Crippen LogP contribution is -2.37. The molecule has 6 heteroatoms. The van der Waals surface area contributed by atoms with Gasteiger partial charge in [-0.05, 0) is 39.3 Å². The Morgan fingerprint density at radius 2 is 2.15 bits per heavy atom. The molecule has 0 bridgehead atoms. The van der Waals surface area contributed by atoms with E-state index in [-0.39, 0.29) is 11.4 Å². The van der Waals surface area contributed by atoms with E-state index in [9.17, 15) is 10.1 Å². The van der Waals surface area contributed by atoms with Crippen molar-refractivity contribution in [3.63, 3.8) is 0 Å². The van der Waals surface area contributed by atoms with Gasteiger partial charge in [-0.25, -0.2) is 0 Å². The van der Waals surface area contributed by atoms with Crippen LogP contribution in [0, 0.1) is 21.4 Å². The number of nitrogens with zero attached hydrogens (tertiary/aromatic N) is 2. The van der Waals surface area contributed by atoms with Gasteiger partial charge in [0.05, 0.1) is 17.6 Å². The smallest absolute Gasteiger partial charge is 0.310 e. The molecule has 20 heavy (non-hydrogen) atoms. The SMILES string of the molecule is CNC(C)(C#N)CCCCOc1ccccc1[N+](=O)[O-]. The molecule has 0 radical (unpaired) electrons. The molecule has 0 fully saturated rings. The third kappa shape index (κ3) is 4.52.